The number of nitrogens with zero attached hydrogens (tertiary/aromatic N) is 1. The van der Waals surface area contributed by atoms with Crippen LogP contribution in [0.15, 0.2) is 42.5 Å². The van der Waals surface area contributed by atoms with Crippen LogP contribution in [0.1, 0.15) is 18.1 Å². The van der Waals surface area contributed by atoms with Crippen LogP contribution in [0.2, 0.25) is 0 Å². The average molecular weight is 298 g/mol. The lowest BCUT2D eigenvalue weighted by Gasteiger charge is -2.22. The van der Waals surface area contributed by atoms with E-state index in [4.69, 9.17) is 4.74 Å². The molecule has 4 nitrogen and oxygen atoms in total. The summed E-state index contributed by atoms with van der Waals surface area (Å²) in [6.45, 7) is 6.45. The van der Waals surface area contributed by atoms with Gasteiger partial charge < -0.3 is 10.1 Å². The topological polar surface area (TPSA) is 41.6 Å². The van der Waals surface area contributed by atoms with E-state index in [1.807, 2.05) is 63.2 Å². The van der Waals surface area contributed by atoms with Gasteiger partial charge in [-0.05, 0) is 44.0 Å². The molecule has 0 heterocycles. The predicted octanol–water partition coefficient (Wildman–Crippen LogP) is 4.37. The van der Waals surface area contributed by atoms with Crippen molar-refractivity contribution in [3.63, 3.8) is 0 Å². The van der Waals surface area contributed by atoms with E-state index in [2.05, 4.69) is 5.32 Å². The molecule has 0 spiro atoms. The molecule has 22 heavy (non-hydrogen) atoms. The van der Waals surface area contributed by atoms with E-state index in [0.29, 0.717) is 12.4 Å². The lowest BCUT2D eigenvalue weighted by molar-refractivity contribution is 0.257. The molecule has 2 aromatic rings. The third kappa shape index (κ3) is 3.39. The Morgan fingerprint density at radius 3 is 2.36 bits per heavy atom. The van der Waals surface area contributed by atoms with E-state index in [-0.39, 0.29) is 6.03 Å². The van der Waals surface area contributed by atoms with Crippen LogP contribution in [-0.2, 0) is 0 Å². The largest absolute Gasteiger partial charge is 0.492 e. The first kappa shape index (κ1) is 15.9. The summed E-state index contributed by atoms with van der Waals surface area (Å²) < 4.78 is 5.58. The van der Waals surface area contributed by atoms with Crippen LogP contribution in [-0.4, -0.2) is 19.7 Å². The summed E-state index contributed by atoms with van der Waals surface area (Å²) in [5.74, 6) is 0.698. The lowest BCUT2D eigenvalue weighted by Crippen LogP contribution is -2.32. The van der Waals surface area contributed by atoms with Gasteiger partial charge in [0, 0.05) is 12.7 Å². The molecule has 2 aromatic carbocycles. The quantitative estimate of drug-likeness (QED) is 0.910. The first-order chi connectivity index (χ1) is 10.5. The maximum absolute atomic E-state index is 12.5. The average Bonchev–Trinajstić information content (AvgIpc) is 2.51. The summed E-state index contributed by atoms with van der Waals surface area (Å²) in [5.41, 5.74) is 3.68. The van der Waals surface area contributed by atoms with Crippen LogP contribution >= 0.6 is 0 Å². The van der Waals surface area contributed by atoms with E-state index in [0.717, 1.165) is 22.5 Å². The smallest absolute Gasteiger partial charge is 0.326 e. The maximum atomic E-state index is 12.5. The van der Waals surface area contributed by atoms with Crippen LogP contribution in [0.5, 0.6) is 5.75 Å². The minimum Gasteiger partial charge on any atom is -0.492 e. The number of anilines is 2. The Morgan fingerprint density at radius 1 is 1.09 bits per heavy atom. The van der Waals surface area contributed by atoms with Gasteiger partial charge in [0.15, 0.2) is 0 Å². The fourth-order valence-electron chi connectivity index (χ4n) is 2.32. The molecule has 0 aliphatic heterocycles. The first-order valence-corrected chi connectivity index (χ1v) is 7.37. The van der Waals surface area contributed by atoms with Crippen LogP contribution in [0.4, 0.5) is 16.2 Å². The molecule has 0 unspecified atom stereocenters. The summed E-state index contributed by atoms with van der Waals surface area (Å²) in [7, 11) is 1.74. The Labute approximate surface area is 131 Å². The highest BCUT2D eigenvalue weighted by Crippen LogP contribution is 2.28. The summed E-state index contributed by atoms with van der Waals surface area (Å²) in [6.07, 6.45) is 0. The second kappa shape index (κ2) is 6.98. The van der Waals surface area contributed by atoms with E-state index >= 15 is 0 Å². The van der Waals surface area contributed by atoms with Gasteiger partial charge in [0.05, 0.1) is 12.3 Å². The van der Waals surface area contributed by atoms with Gasteiger partial charge in [-0.25, -0.2) is 4.79 Å². The zero-order chi connectivity index (χ0) is 16.1. The number of rotatable bonds is 4. The zero-order valence-electron chi connectivity index (χ0n) is 13.5. The van der Waals surface area contributed by atoms with Crippen molar-refractivity contribution in [2.75, 3.05) is 23.9 Å². The number of hydrogen-bond acceptors (Lipinski definition) is 2. The molecule has 4 heteroatoms. The van der Waals surface area contributed by atoms with Crippen molar-refractivity contribution in [2.24, 2.45) is 0 Å². The molecular weight excluding hydrogens is 276 g/mol. The van der Waals surface area contributed by atoms with Crippen LogP contribution in [0.3, 0.4) is 0 Å². The van der Waals surface area contributed by atoms with E-state index in [1.165, 1.54) is 0 Å². The summed E-state index contributed by atoms with van der Waals surface area (Å²) in [4.78, 5) is 14.1. The third-order valence-electron chi connectivity index (χ3n) is 3.54. The van der Waals surface area contributed by atoms with Gasteiger partial charge in [-0.3, -0.25) is 4.90 Å². The molecule has 0 saturated heterocycles. The minimum absolute atomic E-state index is 0.190. The van der Waals surface area contributed by atoms with Gasteiger partial charge in [0.2, 0.25) is 0 Å². The third-order valence-corrected chi connectivity index (χ3v) is 3.54. The number of para-hydroxylation sites is 3. The number of carbonyl (C=O) groups excluding carboxylic acids is 1. The van der Waals surface area contributed by atoms with Gasteiger partial charge in [-0.15, -0.1) is 0 Å². The summed E-state index contributed by atoms with van der Waals surface area (Å²) in [6, 6.07) is 13.3. The molecule has 2 rings (SSSR count). The Balaban J connectivity index is 2.23. The minimum atomic E-state index is -0.190. The van der Waals surface area contributed by atoms with Crippen molar-refractivity contribution in [1.82, 2.24) is 0 Å². The zero-order valence-corrected chi connectivity index (χ0v) is 13.5. The number of hydrogen-bond donors (Lipinski definition) is 1. The van der Waals surface area contributed by atoms with Crippen molar-refractivity contribution < 1.29 is 9.53 Å². The van der Waals surface area contributed by atoms with Crippen molar-refractivity contribution in [3.8, 4) is 5.75 Å². The maximum Gasteiger partial charge on any atom is 0.326 e. The highest BCUT2D eigenvalue weighted by atomic mass is 16.5. The molecule has 1 N–H and O–H groups in total. The van der Waals surface area contributed by atoms with Crippen molar-refractivity contribution in [2.45, 2.75) is 20.8 Å². The molecule has 0 atom stereocenters. The van der Waals surface area contributed by atoms with Crippen LogP contribution < -0.4 is 15.0 Å². The van der Waals surface area contributed by atoms with Crippen LogP contribution in [0, 0.1) is 13.8 Å². The van der Waals surface area contributed by atoms with Gasteiger partial charge >= 0.3 is 6.03 Å². The molecular formula is C18H22N2O2. The number of urea groups is 1. The number of carbonyl (C=O) groups is 1. The molecule has 0 aromatic heterocycles. The number of aryl methyl sites for hydroxylation is 2. The Kier molecular flexibility index (Phi) is 5.04. The highest BCUT2D eigenvalue weighted by Gasteiger charge is 2.16. The predicted molar refractivity (Wildman–Crippen MR) is 90.9 cm³/mol. The Morgan fingerprint density at radius 2 is 1.73 bits per heavy atom. The number of benzene rings is 2. The Bertz CT molecular complexity index is 648. The number of ether oxygens (including phenoxy) is 1. The van der Waals surface area contributed by atoms with Crippen molar-refractivity contribution in [1.29, 1.82) is 0 Å². The molecule has 0 radical (unpaired) electrons. The fourth-order valence-corrected chi connectivity index (χ4v) is 2.32. The Hall–Kier alpha value is -2.49. The second-order valence-electron chi connectivity index (χ2n) is 5.16. The summed E-state index contributed by atoms with van der Waals surface area (Å²) >= 11 is 0. The van der Waals surface area contributed by atoms with Crippen molar-refractivity contribution >= 4 is 17.4 Å². The monoisotopic (exact) mass is 298 g/mol. The molecule has 2 amide bonds. The lowest BCUT2D eigenvalue weighted by atomic mass is 10.1. The molecule has 0 bridgehead atoms. The van der Waals surface area contributed by atoms with E-state index < -0.39 is 0 Å². The summed E-state index contributed by atoms with van der Waals surface area (Å²) in [5, 5.41) is 2.98. The van der Waals surface area contributed by atoms with E-state index in [1.54, 1.807) is 11.9 Å². The molecule has 0 saturated carbocycles. The number of amides is 2. The van der Waals surface area contributed by atoms with E-state index in [9.17, 15) is 4.79 Å². The molecule has 0 aliphatic carbocycles. The molecule has 0 fully saturated rings. The van der Waals surface area contributed by atoms with Crippen molar-refractivity contribution in [3.05, 3.63) is 53.6 Å². The standard InChI is InChI=1S/C18H22N2O2/c1-5-22-16-12-7-6-11-15(16)20(4)18(21)19-17-13(2)9-8-10-14(17)3/h6-12H,5H2,1-4H3,(H,19,21). The fraction of sp³-hybridized carbons (Fsp3) is 0.278. The SMILES string of the molecule is CCOc1ccccc1N(C)C(=O)Nc1c(C)cccc1C. The molecule has 0 aliphatic rings. The van der Waals surface area contributed by atoms with Gasteiger partial charge in [-0.2, -0.15) is 0 Å². The second-order valence-corrected chi connectivity index (χ2v) is 5.16. The number of nitrogens with one attached hydrogen (secondary N) is 1. The van der Waals surface area contributed by atoms with Crippen LogP contribution in [0.25, 0.3) is 0 Å². The molecule has 116 valence electrons. The highest BCUT2D eigenvalue weighted by molar-refractivity contribution is 6.03. The first-order valence-electron chi connectivity index (χ1n) is 7.37. The van der Waals surface area contributed by atoms with Gasteiger partial charge in [0.25, 0.3) is 0 Å². The van der Waals surface area contributed by atoms with Gasteiger partial charge in [0.1, 0.15) is 5.75 Å². The van der Waals surface area contributed by atoms with Gasteiger partial charge in [-0.1, -0.05) is 30.3 Å². The normalized spacial score (nSPS) is 10.2.